The van der Waals surface area contributed by atoms with Crippen molar-refractivity contribution in [3.05, 3.63) is 11.1 Å². The van der Waals surface area contributed by atoms with Gasteiger partial charge in [-0.1, -0.05) is 13.8 Å². The monoisotopic (exact) mass is 282 g/mol. The summed E-state index contributed by atoms with van der Waals surface area (Å²) >= 11 is 0. The first-order valence-electron chi connectivity index (χ1n) is 7.23. The van der Waals surface area contributed by atoms with Gasteiger partial charge in [0.2, 0.25) is 5.79 Å². The van der Waals surface area contributed by atoms with Gasteiger partial charge < -0.3 is 20.1 Å². The predicted octanol–water partition coefficient (Wildman–Crippen LogP) is 0.726. The number of ether oxygens (including phenoxy) is 1. The third kappa shape index (κ3) is 1.57. The summed E-state index contributed by atoms with van der Waals surface area (Å²) in [7, 11) is 0. The van der Waals surface area contributed by atoms with Gasteiger partial charge in [-0.15, -0.1) is 0 Å². The largest absolute Gasteiger partial charge is 0.426 e. The summed E-state index contributed by atoms with van der Waals surface area (Å²) in [6, 6.07) is 0. The molecule has 1 heterocycles. The number of carbonyl (C=O) groups excluding carboxylic acids is 1. The number of aliphatic hydroxyl groups excluding tert-OH is 2. The Labute approximate surface area is 118 Å². The van der Waals surface area contributed by atoms with Gasteiger partial charge in [0.1, 0.15) is 0 Å². The minimum atomic E-state index is -1.69. The fraction of sp³-hybridized carbons (Fsp3) is 0.800. The summed E-state index contributed by atoms with van der Waals surface area (Å²) in [6.07, 6.45) is 0.0523. The fourth-order valence-corrected chi connectivity index (χ4v) is 4.44. The van der Waals surface area contributed by atoms with Gasteiger partial charge in [0, 0.05) is 23.0 Å². The van der Waals surface area contributed by atoms with E-state index in [0.717, 1.165) is 0 Å². The number of carbonyl (C=O) groups is 1. The average Bonchev–Trinajstić information content (AvgIpc) is 2.55. The van der Waals surface area contributed by atoms with Crippen LogP contribution in [0.5, 0.6) is 0 Å². The molecule has 5 heteroatoms. The van der Waals surface area contributed by atoms with E-state index in [9.17, 15) is 20.1 Å². The molecule has 0 aromatic rings. The maximum Gasteiger partial charge on any atom is 0.336 e. The topological polar surface area (TPSA) is 87.0 Å². The third-order valence-electron chi connectivity index (χ3n) is 5.90. The van der Waals surface area contributed by atoms with E-state index in [2.05, 4.69) is 0 Å². The fourth-order valence-electron chi connectivity index (χ4n) is 4.44. The van der Waals surface area contributed by atoms with Crippen LogP contribution in [0.3, 0.4) is 0 Å². The van der Waals surface area contributed by atoms with Gasteiger partial charge in [-0.3, -0.25) is 0 Å². The van der Waals surface area contributed by atoms with Crippen LogP contribution in [0.2, 0.25) is 0 Å². The Bertz CT molecular complexity index is 498. The lowest BCUT2D eigenvalue weighted by molar-refractivity contribution is -0.226. The quantitative estimate of drug-likeness (QED) is 0.570. The third-order valence-corrected chi connectivity index (χ3v) is 5.90. The molecule has 0 bridgehead atoms. The number of esters is 1. The van der Waals surface area contributed by atoms with Crippen molar-refractivity contribution in [2.24, 2.45) is 17.3 Å². The number of fused-ring (bicyclic) bond motifs is 2. The van der Waals surface area contributed by atoms with E-state index < -0.39 is 29.4 Å². The molecule has 1 aliphatic heterocycles. The van der Waals surface area contributed by atoms with Crippen LogP contribution in [0.1, 0.15) is 40.0 Å². The molecule has 0 aromatic heterocycles. The highest BCUT2D eigenvalue weighted by Gasteiger charge is 2.63. The minimum absolute atomic E-state index is 0.0799. The van der Waals surface area contributed by atoms with Gasteiger partial charge in [-0.05, 0) is 31.6 Å². The lowest BCUT2D eigenvalue weighted by Gasteiger charge is -2.56. The van der Waals surface area contributed by atoms with Crippen LogP contribution in [0.25, 0.3) is 0 Å². The van der Waals surface area contributed by atoms with E-state index in [1.165, 1.54) is 0 Å². The van der Waals surface area contributed by atoms with Crippen molar-refractivity contribution in [3.63, 3.8) is 0 Å². The molecule has 0 saturated heterocycles. The van der Waals surface area contributed by atoms with Crippen molar-refractivity contribution in [2.75, 3.05) is 0 Å². The zero-order chi connectivity index (χ0) is 14.9. The molecule has 0 amide bonds. The second kappa shape index (κ2) is 4.06. The Morgan fingerprint density at radius 3 is 2.60 bits per heavy atom. The molecule has 6 atom stereocenters. The van der Waals surface area contributed by atoms with Crippen molar-refractivity contribution >= 4 is 5.97 Å². The predicted molar refractivity (Wildman–Crippen MR) is 70.4 cm³/mol. The zero-order valence-corrected chi connectivity index (χ0v) is 12.1. The molecule has 3 N–H and O–H groups in total. The van der Waals surface area contributed by atoms with Crippen LogP contribution in [-0.2, 0) is 9.53 Å². The Kier molecular flexibility index (Phi) is 2.85. The average molecular weight is 282 g/mol. The highest BCUT2D eigenvalue weighted by Crippen LogP contribution is 2.59. The van der Waals surface area contributed by atoms with Crippen LogP contribution in [0.15, 0.2) is 11.1 Å². The van der Waals surface area contributed by atoms with Gasteiger partial charge in [0.15, 0.2) is 0 Å². The Morgan fingerprint density at radius 1 is 1.30 bits per heavy atom. The Morgan fingerprint density at radius 2 is 1.95 bits per heavy atom. The molecule has 0 aromatic carbocycles. The van der Waals surface area contributed by atoms with E-state index in [0.29, 0.717) is 24.0 Å². The molecule has 112 valence electrons. The number of aliphatic hydroxyl groups is 3. The van der Waals surface area contributed by atoms with E-state index in [4.69, 9.17) is 4.74 Å². The summed E-state index contributed by atoms with van der Waals surface area (Å²) in [6.45, 7) is 5.59. The smallest absolute Gasteiger partial charge is 0.336 e. The van der Waals surface area contributed by atoms with Crippen molar-refractivity contribution in [3.8, 4) is 0 Å². The summed E-state index contributed by atoms with van der Waals surface area (Å²) < 4.78 is 5.10. The summed E-state index contributed by atoms with van der Waals surface area (Å²) in [5.41, 5.74) is 0.193. The molecule has 0 unspecified atom stereocenters. The molecule has 0 radical (unpaired) electrons. The summed E-state index contributed by atoms with van der Waals surface area (Å²) in [5, 5.41) is 31.4. The lowest BCUT2D eigenvalue weighted by Crippen LogP contribution is -2.59. The first kappa shape index (κ1) is 14.0. The van der Waals surface area contributed by atoms with Gasteiger partial charge in [-0.25, -0.2) is 4.79 Å². The number of hydrogen-bond donors (Lipinski definition) is 3. The highest BCUT2D eigenvalue weighted by atomic mass is 16.7. The van der Waals surface area contributed by atoms with Crippen LogP contribution < -0.4 is 0 Å². The van der Waals surface area contributed by atoms with Gasteiger partial charge in [-0.2, -0.15) is 0 Å². The maximum absolute atomic E-state index is 11.7. The Hall–Kier alpha value is -0.910. The number of hydrogen-bond acceptors (Lipinski definition) is 5. The Balaban J connectivity index is 2.09. The SMILES string of the molecule is CC1=C2[C@H](O)[C@@]3(C)[C@H](C[C@H](O)C[C@@H]3C)C[C@]2(O)OC1=O. The van der Waals surface area contributed by atoms with Crippen LogP contribution in [0.4, 0.5) is 0 Å². The van der Waals surface area contributed by atoms with E-state index in [-0.39, 0.29) is 18.3 Å². The van der Waals surface area contributed by atoms with Crippen molar-refractivity contribution in [1.29, 1.82) is 0 Å². The van der Waals surface area contributed by atoms with Gasteiger partial charge >= 0.3 is 5.97 Å². The molecule has 3 aliphatic rings. The van der Waals surface area contributed by atoms with Crippen LogP contribution >= 0.6 is 0 Å². The normalized spacial score (nSPS) is 51.6. The molecule has 5 nitrogen and oxygen atoms in total. The number of rotatable bonds is 0. The summed E-state index contributed by atoms with van der Waals surface area (Å²) in [4.78, 5) is 11.7. The molecule has 20 heavy (non-hydrogen) atoms. The second-order valence-electron chi connectivity index (χ2n) is 6.91. The van der Waals surface area contributed by atoms with E-state index in [1.807, 2.05) is 13.8 Å². The minimum Gasteiger partial charge on any atom is -0.426 e. The highest BCUT2D eigenvalue weighted by molar-refractivity contribution is 5.92. The first-order chi connectivity index (χ1) is 9.20. The molecule has 2 fully saturated rings. The maximum atomic E-state index is 11.7. The molecule has 2 aliphatic carbocycles. The molecular formula is C15H22O5. The second-order valence-corrected chi connectivity index (χ2v) is 6.91. The molecular weight excluding hydrogens is 260 g/mol. The van der Waals surface area contributed by atoms with Crippen LogP contribution in [0, 0.1) is 17.3 Å². The molecule has 0 spiro atoms. The van der Waals surface area contributed by atoms with Gasteiger partial charge in [0.05, 0.1) is 12.2 Å². The summed E-state index contributed by atoms with van der Waals surface area (Å²) in [5.74, 6) is -2.23. The van der Waals surface area contributed by atoms with Crippen LogP contribution in [-0.4, -0.2) is 39.3 Å². The van der Waals surface area contributed by atoms with Crippen molar-refractivity contribution in [2.45, 2.75) is 58.0 Å². The first-order valence-corrected chi connectivity index (χ1v) is 7.23. The standard InChI is InChI=1S/C15H22O5/c1-7-4-10(16)5-9-6-15(19)11(8(2)13(18)20-15)12(17)14(7,9)3/h7,9-10,12,16-17,19H,4-6H2,1-3H3/t7-,9+,10+,12-,14+,15-/m0/s1. The van der Waals surface area contributed by atoms with Crippen molar-refractivity contribution in [1.82, 2.24) is 0 Å². The zero-order valence-electron chi connectivity index (χ0n) is 12.1. The van der Waals surface area contributed by atoms with E-state index in [1.54, 1.807) is 6.92 Å². The molecule has 3 rings (SSSR count). The van der Waals surface area contributed by atoms with Crippen molar-refractivity contribution < 1.29 is 24.9 Å². The molecule has 2 saturated carbocycles. The van der Waals surface area contributed by atoms with E-state index >= 15 is 0 Å². The lowest BCUT2D eigenvalue weighted by atomic mass is 9.52. The van der Waals surface area contributed by atoms with Gasteiger partial charge in [0.25, 0.3) is 0 Å².